The van der Waals surface area contributed by atoms with E-state index in [0.29, 0.717) is 25.4 Å². The maximum absolute atomic E-state index is 11.5. The Morgan fingerprint density at radius 3 is 2.71 bits per heavy atom. The van der Waals surface area contributed by atoms with Crippen molar-refractivity contribution in [3.8, 4) is 0 Å². The number of carbonyl (C=O) groups is 1. The fourth-order valence-electron chi connectivity index (χ4n) is 2.36. The molecule has 2 aliphatic rings. The third kappa shape index (κ3) is 1.85. The number of hydrogen-bond donors (Lipinski definition) is 0. The number of furan rings is 1. The number of ether oxygens (including phenoxy) is 3. The molecule has 2 saturated heterocycles. The highest BCUT2D eigenvalue weighted by molar-refractivity contribution is 5.72. The molecule has 0 saturated carbocycles. The van der Waals surface area contributed by atoms with Gasteiger partial charge >= 0.3 is 5.97 Å². The molecular formula is C12H14O5. The van der Waals surface area contributed by atoms with Crippen LogP contribution in [0.25, 0.3) is 0 Å². The van der Waals surface area contributed by atoms with Gasteiger partial charge in [0.1, 0.15) is 5.76 Å². The highest BCUT2D eigenvalue weighted by Crippen LogP contribution is 2.41. The molecule has 0 N–H and O–H groups in total. The summed E-state index contributed by atoms with van der Waals surface area (Å²) < 4.78 is 21.6. The Hall–Kier alpha value is -1.33. The maximum atomic E-state index is 11.5. The van der Waals surface area contributed by atoms with Crippen LogP contribution in [-0.4, -0.2) is 25.5 Å². The molecule has 0 aromatic carbocycles. The quantitative estimate of drug-likeness (QED) is 0.732. The molecule has 0 amide bonds. The summed E-state index contributed by atoms with van der Waals surface area (Å²) in [5, 5.41) is 0. The van der Waals surface area contributed by atoms with Crippen molar-refractivity contribution >= 4 is 5.97 Å². The summed E-state index contributed by atoms with van der Waals surface area (Å²) in [6.07, 6.45) is 1.16. The van der Waals surface area contributed by atoms with Gasteiger partial charge in [0, 0.05) is 0 Å². The van der Waals surface area contributed by atoms with E-state index in [2.05, 4.69) is 0 Å². The van der Waals surface area contributed by atoms with Crippen LogP contribution in [0.15, 0.2) is 16.7 Å². The Balaban J connectivity index is 1.86. The lowest BCUT2D eigenvalue weighted by Gasteiger charge is -2.20. The zero-order chi connectivity index (χ0) is 11.8. The zero-order valence-electron chi connectivity index (χ0n) is 9.55. The van der Waals surface area contributed by atoms with Gasteiger partial charge in [0.15, 0.2) is 12.4 Å². The van der Waals surface area contributed by atoms with Gasteiger partial charge in [-0.1, -0.05) is 0 Å². The molecule has 2 aliphatic heterocycles. The van der Waals surface area contributed by atoms with Crippen LogP contribution in [0.1, 0.15) is 23.8 Å². The number of esters is 1. The third-order valence-electron chi connectivity index (χ3n) is 3.21. The average molecular weight is 238 g/mol. The number of rotatable bonds is 2. The van der Waals surface area contributed by atoms with Gasteiger partial charge < -0.3 is 18.6 Å². The Kier molecular flexibility index (Phi) is 2.64. The van der Waals surface area contributed by atoms with Crippen LogP contribution in [0.3, 0.4) is 0 Å². The van der Waals surface area contributed by atoms with Crippen LogP contribution in [0.5, 0.6) is 0 Å². The first-order chi connectivity index (χ1) is 8.25. The van der Waals surface area contributed by atoms with Gasteiger partial charge in [0.2, 0.25) is 0 Å². The van der Waals surface area contributed by atoms with Crippen LogP contribution in [-0.2, 0) is 19.0 Å². The molecule has 1 aromatic heterocycles. The second-order valence-electron chi connectivity index (χ2n) is 4.36. The van der Waals surface area contributed by atoms with Crippen molar-refractivity contribution < 1.29 is 23.4 Å². The molecule has 5 nitrogen and oxygen atoms in total. The minimum absolute atomic E-state index is 0.116. The molecule has 0 radical (unpaired) electrons. The Labute approximate surface area is 98.6 Å². The van der Waals surface area contributed by atoms with E-state index in [-0.39, 0.29) is 24.3 Å². The van der Waals surface area contributed by atoms with Gasteiger partial charge in [-0.15, -0.1) is 0 Å². The Bertz CT molecular complexity index is 418. The molecule has 2 atom stereocenters. The van der Waals surface area contributed by atoms with Crippen LogP contribution in [0.4, 0.5) is 0 Å². The predicted molar refractivity (Wildman–Crippen MR) is 56.1 cm³/mol. The standard InChI is InChI=1S/C12H14O5/c1-7-2-3-14-10(7)11-8(6-9(13)17-11)12-15-4-5-16-12/h2-3,8,11-12H,4-6H2,1H3/t8-,11-/m0/s1. The van der Waals surface area contributed by atoms with E-state index in [0.717, 1.165) is 5.56 Å². The average Bonchev–Trinajstić information content (AvgIpc) is 2.97. The molecule has 17 heavy (non-hydrogen) atoms. The van der Waals surface area contributed by atoms with E-state index in [1.807, 2.05) is 13.0 Å². The summed E-state index contributed by atoms with van der Waals surface area (Å²) in [5.74, 6) is 0.352. The first-order valence-electron chi connectivity index (χ1n) is 5.72. The highest BCUT2D eigenvalue weighted by atomic mass is 16.7. The lowest BCUT2D eigenvalue weighted by Crippen LogP contribution is -2.24. The van der Waals surface area contributed by atoms with E-state index < -0.39 is 0 Å². The number of carbonyl (C=O) groups excluding carboxylic acids is 1. The van der Waals surface area contributed by atoms with Crippen LogP contribution in [0, 0.1) is 12.8 Å². The van der Waals surface area contributed by atoms with Crippen LogP contribution in [0.2, 0.25) is 0 Å². The van der Waals surface area contributed by atoms with Crippen molar-refractivity contribution in [3.63, 3.8) is 0 Å². The SMILES string of the molecule is Cc1ccoc1[C@H]1OC(=O)C[C@@H]1C1OCCO1. The van der Waals surface area contributed by atoms with E-state index in [1.165, 1.54) is 0 Å². The molecule has 2 fully saturated rings. The summed E-state index contributed by atoms with van der Waals surface area (Å²) in [7, 11) is 0. The van der Waals surface area contributed by atoms with E-state index in [9.17, 15) is 4.79 Å². The van der Waals surface area contributed by atoms with Gasteiger partial charge in [0.05, 0.1) is 31.8 Å². The van der Waals surface area contributed by atoms with Crippen molar-refractivity contribution in [1.29, 1.82) is 0 Å². The fraction of sp³-hybridized carbons (Fsp3) is 0.583. The maximum Gasteiger partial charge on any atom is 0.307 e. The molecule has 3 rings (SSSR count). The minimum Gasteiger partial charge on any atom is -0.465 e. The van der Waals surface area contributed by atoms with Gasteiger partial charge in [-0.3, -0.25) is 4.79 Å². The van der Waals surface area contributed by atoms with E-state index >= 15 is 0 Å². The summed E-state index contributed by atoms with van der Waals surface area (Å²) in [6, 6.07) is 1.86. The van der Waals surface area contributed by atoms with Crippen molar-refractivity contribution in [2.45, 2.75) is 25.7 Å². The number of hydrogen-bond acceptors (Lipinski definition) is 5. The van der Waals surface area contributed by atoms with Gasteiger partial charge in [-0.05, 0) is 18.6 Å². The molecule has 1 aromatic rings. The molecule has 0 unspecified atom stereocenters. The highest BCUT2D eigenvalue weighted by Gasteiger charge is 2.45. The first kappa shape index (κ1) is 10.8. The molecule has 92 valence electrons. The van der Waals surface area contributed by atoms with Crippen LogP contribution < -0.4 is 0 Å². The topological polar surface area (TPSA) is 57.9 Å². The molecular weight excluding hydrogens is 224 g/mol. The van der Waals surface area contributed by atoms with Crippen molar-refractivity contribution in [2.75, 3.05) is 13.2 Å². The van der Waals surface area contributed by atoms with Gasteiger partial charge in [-0.2, -0.15) is 0 Å². The fourth-order valence-corrected chi connectivity index (χ4v) is 2.36. The number of cyclic esters (lactones) is 1. The normalized spacial score (nSPS) is 29.8. The Morgan fingerprint density at radius 2 is 2.06 bits per heavy atom. The molecule has 5 heteroatoms. The zero-order valence-corrected chi connectivity index (χ0v) is 9.55. The summed E-state index contributed by atoms with van der Waals surface area (Å²) >= 11 is 0. The predicted octanol–water partition coefficient (Wildman–Crippen LogP) is 1.57. The lowest BCUT2D eigenvalue weighted by molar-refractivity contribution is -0.143. The smallest absolute Gasteiger partial charge is 0.307 e. The van der Waals surface area contributed by atoms with E-state index in [4.69, 9.17) is 18.6 Å². The van der Waals surface area contributed by atoms with Crippen molar-refractivity contribution in [1.82, 2.24) is 0 Å². The van der Waals surface area contributed by atoms with Crippen molar-refractivity contribution in [2.24, 2.45) is 5.92 Å². The Morgan fingerprint density at radius 1 is 1.29 bits per heavy atom. The first-order valence-corrected chi connectivity index (χ1v) is 5.72. The molecule has 3 heterocycles. The summed E-state index contributed by atoms with van der Waals surface area (Å²) in [5.41, 5.74) is 0.979. The monoisotopic (exact) mass is 238 g/mol. The molecule has 0 spiro atoms. The van der Waals surface area contributed by atoms with E-state index in [1.54, 1.807) is 6.26 Å². The lowest BCUT2D eigenvalue weighted by atomic mass is 9.97. The number of aryl methyl sites for hydroxylation is 1. The largest absolute Gasteiger partial charge is 0.465 e. The third-order valence-corrected chi connectivity index (χ3v) is 3.21. The van der Waals surface area contributed by atoms with Gasteiger partial charge in [0.25, 0.3) is 0 Å². The second-order valence-corrected chi connectivity index (χ2v) is 4.36. The molecule has 0 aliphatic carbocycles. The minimum atomic E-state index is -0.388. The van der Waals surface area contributed by atoms with Crippen molar-refractivity contribution in [3.05, 3.63) is 23.7 Å². The second kappa shape index (κ2) is 4.16. The van der Waals surface area contributed by atoms with Crippen LogP contribution >= 0.6 is 0 Å². The van der Waals surface area contributed by atoms with Gasteiger partial charge in [-0.25, -0.2) is 0 Å². The summed E-state index contributed by atoms with van der Waals surface area (Å²) in [4.78, 5) is 11.5. The molecule has 0 bridgehead atoms. The summed E-state index contributed by atoms with van der Waals surface area (Å²) in [6.45, 7) is 3.07.